The molecule has 19 heavy (non-hydrogen) atoms. The fourth-order valence-electron chi connectivity index (χ4n) is 2.16. The Balaban J connectivity index is 2.21. The number of rotatable bonds is 4. The van der Waals surface area contributed by atoms with Gasteiger partial charge in [0.2, 0.25) is 0 Å². The molecule has 1 nitrogen and oxygen atoms in total. The Morgan fingerprint density at radius 1 is 1.05 bits per heavy atom. The van der Waals surface area contributed by atoms with Crippen LogP contribution >= 0.6 is 23.2 Å². The summed E-state index contributed by atoms with van der Waals surface area (Å²) in [6.07, 6.45) is 0.844. The number of halogens is 2. The highest BCUT2D eigenvalue weighted by atomic mass is 35.5. The van der Waals surface area contributed by atoms with Crippen LogP contribution in [0.2, 0.25) is 10.0 Å². The average Bonchev–Trinajstić information content (AvgIpc) is 2.39. The Morgan fingerprint density at radius 3 is 2.32 bits per heavy atom. The molecule has 1 atom stereocenters. The van der Waals surface area contributed by atoms with Gasteiger partial charge in [0.1, 0.15) is 0 Å². The number of nitrogens with two attached hydrogens (primary N) is 1. The Kier molecular flexibility index (Phi) is 4.87. The van der Waals surface area contributed by atoms with Gasteiger partial charge in [-0.1, -0.05) is 47.5 Å². The van der Waals surface area contributed by atoms with Gasteiger partial charge in [0.25, 0.3) is 0 Å². The van der Waals surface area contributed by atoms with Crippen molar-refractivity contribution < 1.29 is 0 Å². The molecule has 2 N–H and O–H groups in total. The molecule has 0 saturated carbocycles. The summed E-state index contributed by atoms with van der Waals surface area (Å²) < 4.78 is 0. The van der Waals surface area contributed by atoms with Crippen LogP contribution in [-0.4, -0.2) is 6.54 Å². The van der Waals surface area contributed by atoms with Crippen molar-refractivity contribution >= 4 is 23.2 Å². The molecule has 0 radical (unpaired) electrons. The van der Waals surface area contributed by atoms with E-state index in [-0.39, 0.29) is 5.92 Å². The van der Waals surface area contributed by atoms with Crippen molar-refractivity contribution in [2.75, 3.05) is 6.54 Å². The van der Waals surface area contributed by atoms with Gasteiger partial charge < -0.3 is 5.73 Å². The Bertz CT molecular complexity index is 549. The molecule has 0 aliphatic heterocycles. The number of hydrogen-bond donors (Lipinski definition) is 1. The molecule has 0 amide bonds. The minimum atomic E-state index is 0.262. The van der Waals surface area contributed by atoms with Gasteiger partial charge >= 0.3 is 0 Å². The van der Waals surface area contributed by atoms with Gasteiger partial charge in [-0.05, 0) is 54.8 Å². The van der Waals surface area contributed by atoms with Crippen molar-refractivity contribution in [3.8, 4) is 0 Å². The monoisotopic (exact) mass is 293 g/mol. The predicted molar refractivity (Wildman–Crippen MR) is 83.1 cm³/mol. The van der Waals surface area contributed by atoms with Crippen molar-refractivity contribution in [2.45, 2.75) is 19.3 Å². The summed E-state index contributed by atoms with van der Waals surface area (Å²) in [4.78, 5) is 0. The molecule has 0 aliphatic rings. The topological polar surface area (TPSA) is 26.0 Å². The molecular formula is C16H17Cl2N. The van der Waals surface area contributed by atoms with Gasteiger partial charge in [0, 0.05) is 16.0 Å². The van der Waals surface area contributed by atoms with Crippen LogP contribution in [0.15, 0.2) is 42.5 Å². The van der Waals surface area contributed by atoms with Crippen LogP contribution in [0.4, 0.5) is 0 Å². The predicted octanol–water partition coefficient (Wildman–Crippen LogP) is 4.59. The van der Waals surface area contributed by atoms with Crippen LogP contribution in [0.1, 0.15) is 22.6 Å². The van der Waals surface area contributed by atoms with E-state index in [9.17, 15) is 0 Å². The van der Waals surface area contributed by atoms with Gasteiger partial charge in [0.05, 0.1) is 0 Å². The smallest absolute Gasteiger partial charge is 0.0440 e. The quantitative estimate of drug-likeness (QED) is 0.877. The first-order valence-corrected chi connectivity index (χ1v) is 7.06. The van der Waals surface area contributed by atoms with E-state index in [4.69, 9.17) is 28.9 Å². The normalized spacial score (nSPS) is 12.4. The van der Waals surface area contributed by atoms with E-state index in [2.05, 4.69) is 12.1 Å². The lowest BCUT2D eigenvalue weighted by atomic mass is 9.92. The van der Waals surface area contributed by atoms with Gasteiger partial charge in [-0.15, -0.1) is 0 Å². The summed E-state index contributed by atoms with van der Waals surface area (Å²) >= 11 is 12.2. The molecule has 2 aromatic carbocycles. The molecule has 1 unspecified atom stereocenters. The zero-order valence-corrected chi connectivity index (χ0v) is 12.4. The molecule has 0 heterocycles. The van der Waals surface area contributed by atoms with E-state index >= 15 is 0 Å². The maximum absolute atomic E-state index is 6.28. The minimum absolute atomic E-state index is 0.262. The lowest BCUT2D eigenvalue weighted by Gasteiger charge is -2.16. The largest absolute Gasteiger partial charge is 0.330 e. The fourth-order valence-corrected chi connectivity index (χ4v) is 2.59. The van der Waals surface area contributed by atoms with Crippen molar-refractivity contribution in [2.24, 2.45) is 5.73 Å². The zero-order valence-electron chi connectivity index (χ0n) is 10.9. The molecule has 0 aromatic heterocycles. The molecule has 3 heteroatoms. The summed E-state index contributed by atoms with van der Waals surface area (Å²) in [6.45, 7) is 2.63. The molecular weight excluding hydrogens is 277 g/mol. The van der Waals surface area contributed by atoms with E-state index in [1.165, 1.54) is 11.1 Å². The minimum Gasteiger partial charge on any atom is -0.330 e. The van der Waals surface area contributed by atoms with Crippen LogP contribution in [0.5, 0.6) is 0 Å². The van der Waals surface area contributed by atoms with E-state index in [0.29, 0.717) is 6.54 Å². The third-order valence-corrected chi connectivity index (χ3v) is 3.90. The number of hydrogen-bond acceptors (Lipinski definition) is 1. The second-order valence-electron chi connectivity index (χ2n) is 4.78. The van der Waals surface area contributed by atoms with E-state index in [0.717, 1.165) is 22.0 Å². The molecule has 2 rings (SSSR count). The summed E-state index contributed by atoms with van der Waals surface area (Å²) in [5.74, 6) is 0.262. The lowest BCUT2D eigenvalue weighted by Crippen LogP contribution is -2.15. The first-order chi connectivity index (χ1) is 9.10. The van der Waals surface area contributed by atoms with Gasteiger partial charge in [-0.3, -0.25) is 0 Å². The highest BCUT2D eigenvalue weighted by Gasteiger charge is 2.12. The van der Waals surface area contributed by atoms with Crippen LogP contribution in [0.25, 0.3) is 0 Å². The number of benzene rings is 2. The van der Waals surface area contributed by atoms with E-state index in [1.54, 1.807) is 0 Å². The Labute approximate surface area is 124 Å². The summed E-state index contributed by atoms with van der Waals surface area (Å²) in [5.41, 5.74) is 9.40. The van der Waals surface area contributed by atoms with E-state index < -0.39 is 0 Å². The van der Waals surface area contributed by atoms with Crippen LogP contribution in [0.3, 0.4) is 0 Å². The molecule has 2 aromatic rings. The lowest BCUT2D eigenvalue weighted by molar-refractivity contribution is 0.694. The van der Waals surface area contributed by atoms with Crippen LogP contribution in [-0.2, 0) is 6.42 Å². The van der Waals surface area contributed by atoms with E-state index in [1.807, 2.05) is 37.3 Å². The molecule has 0 aliphatic carbocycles. The zero-order chi connectivity index (χ0) is 13.8. The highest BCUT2D eigenvalue weighted by Crippen LogP contribution is 2.26. The summed E-state index contributed by atoms with van der Waals surface area (Å²) in [7, 11) is 0. The SMILES string of the molecule is Cc1ccc(CC(CN)c2ccc(Cl)cc2)c(Cl)c1. The fraction of sp³-hybridized carbons (Fsp3) is 0.250. The molecule has 0 saturated heterocycles. The summed E-state index contributed by atoms with van der Waals surface area (Å²) in [5, 5.41) is 1.56. The second-order valence-corrected chi connectivity index (χ2v) is 5.63. The second kappa shape index (κ2) is 6.42. The average molecular weight is 294 g/mol. The van der Waals surface area contributed by atoms with Gasteiger partial charge in [-0.2, -0.15) is 0 Å². The first-order valence-electron chi connectivity index (χ1n) is 6.30. The Morgan fingerprint density at radius 2 is 1.74 bits per heavy atom. The van der Waals surface area contributed by atoms with Crippen molar-refractivity contribution in [1.29, 1.82) is 0 Å². The first kappa shape index (κ1) is 14.4. The molecule has 100 valence electrons. The van der Waals surface area contributed by atoms with Crippen molar-refractivity contribution in [1.82, 2.24) is 0 Å². The van der Waals surface area contributed by atoms with Crippen LogP contribution in [0, 0.1) is 6.92 Å². The Hall–Kier alpha value is -1.02. The summed E-state index contributed by atoms with van der Waals surface area (Å²) in [6, 6.07) is 14.0. The third kappa shape index (κ3) is 3.73. The number of aryl methyl sites for hydroxylation is 1. The molecule has 0 fully saturated rings. The van der Waals surface area contributed by atoms with Gasteiger partial charge in [0.15, 0.2) is 0 Å². The maximum Gasteiger partial charge on any atom is 0.0440 e. The van der Waals surface area contributed by atoms with Crippen molar-refractivity contribution in [3.63, 3.8) is 0 Å². The molecule has 0 bridgehead atoms. The highest BCUT2D eigenvalue weighted by molar-refractivity contribution is 6.31. The maximum atomic E-state index is 6.28. The van der Waals surface area contributed by atoms with Gasteiger partial charge in [-0.25, -0.2) is 0 Å². The van der Waals surface area contributed by atoms with Crippen LogP contribution < -0.4 is 5.73 Å². The third-order valence-electron chi connectivity index (χ3n) is 3.30. The van der Waals surface area contributed by atoms with Crippen molar-refractivity contribution in [3.05, 3.63) is 69.2 Å². The molecule has 0 spiro atoms. The standard InChI is InChI=1S/C16H17Cl2N/c1-11-2-3-13(16(18)8-11)9-14(10-19)12-4-6-15(17)7-5-12/h2-8,14H,9-10,19H2,1H3.